The van der Waals surface area contributed by atoms with Crippen molar-refractivity contribution in [2.24, 2.45) is 0 Å². The number of nitrogens with one attached hydrogen (secondary N) is 3. The normalized spacial score (nSPS) is 14.3. The molecule has 2 amide bonds. The predicted molar refractivity (Wildman–Crippen MR) is 132 cm³/mol. The van der Waals surface area contributed by atoms with Gasteiger partial charge in [0.25, 0.3) is 0 Å². The van der Waals surface area contributed by atoms with Gasteiger partial charge < -0.3 is 10.1 Å². The van der Waals surface area contributed by atoms with Crippen LogP contribution in [0.15, 0.2) is 72.5 Å². The maximum absolute atomic E-state index is 12.4. The Morgan fingerprint density at radius 1 is 1.00 bits per heavy atom. The van der Waals surface area contributed by atoms with E-state index in [0.717, 1.165) is 12.8 Å². The first-order chi connectivity index (χ1) is 16.7. The first-order valence-electron chi connectivity index (χ1n) is 12.0. The van der Waals surface area contributed by atoms with Crippen LogP contribution in [0.4, 0.5) is 4.79 Å². The number of allylic oxidation sites excluding steroid dienone is 2. The number of hydrogen-bond donors (Lipinski definition) is 3. The smallest absolute Gasteiger partial charge is 0.423 e. The number of carbonyl (C=O) groups is 2. The molecule has 0 aromatic heterocycles. The van der Waals surface area contributed by atoms with E-state index in [1.165, 1.54) is 35.1 Å². The summed E-state index contributed by atoms with van der Waals surface area (Å²) in [5, 5.41) is 4.59. The van der Waals surface area contributed by atoms with Crippen LogP contribution in [0.1, 0.15) is 49.7 Å². The molecule has 34 heavy (non-hydrogen) atoms. The third-order valence-corrected chi connectivity index (χ3v) is 6.16. The van der Waals surface area contributed by atoms with Crippen LogP contribution in [0.25, 0.3) is 11.1 Å². The average molecular weight is 461 g/mol. The minimum Gasteiger partial charge on any atom is -0.448 e. The van der Waals surface area contributed by atoms with E-state index in [0.29, 0.717) is 18.7 Å². The molecule has 3 N–H and O–H groups in total. The topological polar surface area (TPSA) is 82.7 Å². The van der Waals surface area contributed by atoms with Crippen LogP contribution < -0.4 is 16.3 Å². The number of rotatable bonds is 10. The summed E-state index contributed by atoms with van der Waals surface area (Å²) in [6.07, 6.45) is 9.17. The maximum Gasteiger partial charge on any atom is 0.423 e. The van der Waals surface area contributed by atoms with E-state index in [9.17, 15) is 9.59 Å². The molecule has 0 saturated heterocycles. The third kappa shape index (κ3) is 5.66. The van der Waals surface area contributed by atoms with Crippen molar-refractivity contribution in [3.63, 3.8) is 0 Å². The van der Waals surface area contributed by atoms with E-state index >= 15 is 0 Å². The molecular formula is C27H32N4O3. The van der Waals surface area contributed by atoms with Gasteiger partial charge in [-0.15, -0.1) is 5.53 Å². The van der Waals surface area contributed by atoms with Crippen LogP contribution in [-0.4, -0.2) is 36.7 Å². The summed E-state index contributed by atoms with van der Waals surface area (Å²) >= 11 is 0. The Bertz CT molecular complexity index is 1030. The molecule has 1 aliphatic carbocycles. The molecule has 2 aromatic carbocycles. The van der Waals surface area contributed by atoms with Crippen molar-refractivity contribution in [2.75, 3.05) is 19.7 Å². The summed E-state index contributed by atoms with van der Waals surface area (Å²) in [5.74, 6) is -0.0858. The molecule has 7 heteroatoms. The molecule has 2 aromatic rings. The summed E-state index contributed by atoms with van der Waals surface area (Å²) in [7, 11) is 0. The van der Waals surface area contributed by atoms with Crippen molar-refractivity contribution in [3.05, 3.63) is 83.6 Å². The molecule has 2 aliphatic rings. The van der Waals surface area contributed by atoms with Gasteiger partial charge >= 0.3 is 6.09 Å². The van der Waals surface area contributed by atoms with Gasteiger partial charge in [-0.3, -0.25) is 9.80 Å². The standard InChI is InChI=1S/C27H32N4O3/c1-2-3-4-9-16-28-26(32)20-11-10-17-31(18-20)30-29-27(33)34-19-25-23-14-7-5-12-21(23)22-13-6-8-15-24(22)25/h5-8,10-15,17,25,30H,2-4,9,16,18-19H2,1H3,(H,28,32)(H,29,33). The summed E-state index contributed by atoms with van der Waals surface area (Å²) in [6.45, 7) is 3.41. The molecule has 0 spiro atoms. The van der Waals surface area contributed by atoms with Gasteiger partial charge in [0, 0.05) is 24.2 Å². The van der Waals surface area contributed by atoms with Crippen LogP contribution in [-0.2, 0) is 9.53 Å². The Hall–Kier alpha value is -3.58. The number of nitrogens with zero attached hydrogens (tertiary/aromatic N) is 1. The van der Waals surface area contributed by atoms with Crippen LogP contribution in [0, 0.1) is 0 Å². The molecule has 0 unspecified atom stereocenters. The average Bonchev–Trinajstić information content (AvgIpc) is 3.20. The van der Waals surface area contributed by atoms with E-state index in [1.807, 2.05) is 24.3 Å². The van der Waals surface area contributed by atoms with Crippen molar-refractivity contribution < 1.29 is 14.3 Å². The molecule has 0 bridgehead atoms. The second kappa shape index (κ2) is 11.5. The Morgan fingerprint density at radius 2 is 1.71 bits per heavy atom. The fourth-order valence-electron chi connectivity index (χ4n) is 4.40. The van der Waals surface area contributed by atoms with Crippen molar-refractivity contribution in [1.82, 2.24) is 21.3 Å². The minimum atomic E-state index is -0.577. The van der Waals surface area contributed by atoms with E-state index < -0.39 is 6.09 Å². The van der Waals surface area contributed by atoms with Gasteiger partial charge in [-0.05, 0) is 34.8 Å². The van der Waals surface area contributed by atoms with Crippen LogP contribution >= 0.6 is 0 Å². The Labute approximate surface area is 200 Å². The van der Waals surface area contributed by atoms with Gasteiger partial charge in [0.1, 0.15) is 6.61 Å². The lowest BCUT2D eigenvalue weighted by molar-refractivity contribution is -0.117. The molecule has 0 saturated carbocycles. The Balaban J connectivity index is 1.23. The second-order valence-corrected chi connectivity index (χ2v) is 8.54. The monoisotopic (exact) mass is 460 g/mol. The number of amides is 2. The number of hydrazine groups is 2. The maximum atomic E-state index is 12.4. The summed E-state index contributed by atoms with van der Waals surface area (Å²) in [6, 6.07) is 16.4. The first-order valence-corrected chi connectivity index (χ1v) is 12.0. The zero-order valence-corrected chi connectivity index (χ0v) is 19.5. The lowest BCUT2D eigenvalue weighted by Gasteiger charge is -2.25. The lowest BCUT2D eigenvalue weighted by atomic mass is 9.98. The van der Waals surface area contributed by atoms with Crippen molar-refractivity contribution in [2.45, 2.75) is 38.5 Å². The van der Waals surface area contributed by atoms with Crippen molar-refractivity contribution in [3.8, 4) is 11.1 Å². The second-order valence-electron chi connectivity index (χ2n) is 8.54. The van der Waals surface area contributed by atoms with Gasteiger partial charge in [-0.1, -0.05) is 80.8 Å². The zero-order valence-electron chi connectivity index (χ0n) is 19.5. The van der Waals surface area contributed by atoms with Gasteiger partial charge in [-0.25, -0.2) is 10.2 Å². The van der Waals surface area contributed by atoms with Gasteiger partial charge in [0.15, 0.2) is 0 Å². The van der Waals surface area contributed by atoms with Gasteiger partial charge in [-0.2, -0.15) is 0 Å². The zero-order chi connectivity index (χ0) is 23.8. The summed E-state index contributed by atoms with van der Waals surface area (Å²) in [5.41, 5.74) is 10.7. The molecule has 1 aliphatic heterocycles. The summed E-state index contributed by atoms with van der Waals surface area (Å²) < 4.78 is 5.53. The van der Waals surface area contributed by atoms with Crippen molar-refractivity contribution >= 4 is 12.0 Å². The quantitative estimate of drug-likeness (QED) is 0.362. The lowest BCUT2D eigenvalue weighted by Crippen LogP contribution is -2.49. The first kappa shape index (κ1) is 23.6. The third-order valence-electron chi connectivity index (χ3n) is 6.16. The molecular weight excluding hydrogens is 428 g/mol. The largest absolute Gasteiger partial charge is 0.448 e. The molecule has 7 nitrogen and oxygen atoms in total. The highest BCUT2D eigenvalue weighted by atomic mass is 16.6. The number of carbonyl (C=O) groups excluding carboxylic acids is 2. The van der Waals surface area contributed by atoms with Crippen LogP contribution in [0.3, 0.4) is 0 Å². The van der Waals surface area contributed by atoms with E-state index in [1.54, 1.807) is 23.4 Å². The molecule has 178 valence electrons. The summed E-state index contributed by atoms with van der Waals surface area (Å²) in [4.78, 5) is 24.8. The van der Waals surface area contributed by atoms with Gasteiger partial charge in [0.2, 0.25) is 5.91 Å². The number of fused-ring (bicyclic) bond motifs is 3. The Morgan fingerprint density at radius 3 is 2.41 bits per heavy atom. The van der Waals surface area contributed by atoms with Crippen LogP contribution in [0.2, 0.25) is 0 Å². The Kier molecular flexibility index (Phi) is 7.99. The fraction of sp³-hybridized carbons (Fsp3) is 0.333. The molecule has 0 atom stereocenters. The highest BCUT2D eigenvalue weighted by molar-refractivity contribution is 5.94. The SMILES string of the molecule is CCCCCCNC(=O)C1=CC=CN(NNC(=O)OCC2c3ccccc3-c3ccccc32)C1. The number of hydrogen-bond acceptors (Lipinski definition) is 5. The molecule has 1 heterocycles. The predicted octanol–water partition coefficient (Wildman–Crippen LogP) is 4.40. The number of ether oxygens (including phenoxy) is 1. The van der Waals surface area contributed by atoms with Gasteiger partial charge in [0.05, 0.1) is 6.54 Å². The van der Waals surface area contributed by atoms with Crippen molar-refractivity contribution in [1.29, 1.82) is 0 Å². The highest BCUT2D eigenvalue weighted by Gasteiger charge is 2.29. The minimum absolute atomic E-state index is 0.00332. The number of benzene rings is 2. The van der Waals surface area contributed by atoms with E-state index in [-0.39, 0.29) is 18.4 Å². The highest BCUT2D eigenvalue weighted by Crippen LogP contribution is 2.44. The number of unbranched alkanes of at least 4 members (excludes halogenated alkanes) is 3. The van der Waals surface area contributed by atoms with Crippen LogP contribution in [0.5, 0.6) is 0 Å². The molecule has 4 rings (SSSR count). The molecule has 0 fully saturated rings. The fourth-order valence-corrected chi connectivity index (χ4v) is 4.40. The molecule has 0 radical (unpaired) electrons. The van der Waals surface area contributed by atoms with E-state index in [2.05, 4.69) is 47.5 Å². The van der Waals surface area contributed by atoms with E-state index in [4.69, 9.17) is 4.74 Å².